The van der Waals surface area contributed by atoms with Crippen molar-refractivity contribution < 1.29 is 9.32 Å². The van der Waals surface area contributed by atoms with Gasteiger partial charge in [0.1, 0.15) is 5.82 Å². The molecule has 0 saturated carbocycles. The van der Waals surface area contributed by atoms with Crippen molar-refractivity contribution in [2.75, 3.05) is 11.9 Å². The van der Waals surface area contributed by atoms with Gasteiger partial charge >= 0.3 is 0 Å². The van der Waals surface area contributed by atoms with Gasteiger partial charge in [0.15, 0.2) is 0 Å². The van der Waals surface area contributed by atoms with Gasteiger partial charge in [-0.15, -0.1) is 0 Å². The van der Waals surface area contributed by atoms with Gasteiger partial charge < -0.3 is 15.6 Å². The van der Waals surface area contributed by atoms with Crippen molar-refractivity contribution >= 4 is 11.7 Å². The van der Waals surface area contributed by atoms with E-state index in [-0.39, 0.29) is 12.3 Å². The summed E-state index contributed by atoms with van der Waals surface area (Å²) in [6.45, 7) is 2.02. The first-order valence-electron chi connectivity index (χ1n) is 5.58. The third-order valence-corrected chi connectivity index (χ3v) is 2.29. The highest BCUT2D eigenvalue weighted by molar-refractivity contribution is 6.02. The fourth-order valence-electron chi connectivity index (χ4n) is 1.41. The minimum absolute atomic E-state index is 0.167. The van der Waals surface area contributed by atoms with E-state index in [1.54, 1.807) is 25.3 Å². The summed E-state index contributed by atoms with van der Waals surface area (Å²) >= 11 is 0. The fourth-order valence-corrected chi connectivity index (χ4v) is 1.41. The van der Waals surface area contributed by atoms with Crippen LogP contribution in [0, 0.1) is 18.8 Å². The quantitative estimate of drug-likeness (QED) is 0.780. The minimum atomic E-state index is -0.397. The molecule has 19 heavy (non-hydrogen) atoms. The summed E-state index contributed by atoms with van der Waals surface area (Å²) in [5.41, 5.74) is 6.69. The van der Waals surface area contributed by atoms with E-state index in [0.717, 1.165) is 5.56 Å². The lowest BCUT2D eigenvalue weighted by atomic mass is 10.2. The van der Waals surface area contributed by atoms with Crippen LogP contribution in [0.2, 0.25) is 0 Å². The maximum Gasteiger partial charge on any atom is 0.295 e. The molecular formula is C13H12N4O2. The Morgan fingerprint density at radius 2 is 2.42 bits per heavy atom. The number of aromatic nitrogens is 2. The number of aryl methyl sites for hydroxylation is 1. The molecule has 2 aromatic heterocycles. The van der Waals surface area contributed by atoms with Gasteiger partial charge in [-0.25, -0.2) is 4.98 Å². The predicted molar refractivity (Wildman–Crippen MR) is 69.4 cm³/mol. The molecule has 0 bridgehead atoms. The molecule has 3 N–H and O–H groups in total. The number of hydrogen-bond acceptors (Lipinski definition) is 5. The van der Waals surface area contributed by atoms with Crippen LogP contribution in [0.1, 0.15) is 21.7 Å². The summed E-state index contributed by atoms with van der Waals surface area (Å²) in [5, 5.41) is 6.17. The van der Waals surface area contributed by atoms with Gasteiger partial charge in [-0.05, 0) is 19.1 Å². The number of carbonyl (C=O) groups is 1. The monoisotopic (exact) mass is 256 g/mol. The van der Waals surface area contributed by atoms with E-state index >= 15 is 0 Å². The van der Waals surface area contributed by atoms with E-state index in [1.807, 2.05) is 0 Å². The number of amides is 1. The molecular weight excluding hydrogens is 244 g/mol. The first-order chi connectivity index (χ1) is 9.20. The zero-order valence-electron chi connectivity index (χ0n) is 10.3. The van der Waals surface area contributed by atoms with Gasteiger partial charge in [-0.3, -0.25) is 4.79 Å². The third-order valence-electron chi connectivity index (χ3n) is 2.29. The smallest absolute Gasteiger partial charge is 0.295 e. The van der Waals surface area contributed by atoms with Gasteiger partial charge in [-0.1, -0.05) is 17.0 Å². The van der Waals surface area contributed by atoms with Crippen LogP contribution in [0.25, 0.3) is 0 Å². The molecule has 96 valence electrons. The number of rotatable bonds is 2. The third kappa shape index (κ3) is 3.18. The molecule has 0 aliphatic heterocycles. The molecule has 6 nitrogen and oxygen atoms in total. The van der Waals surface area contributed by atoms with Crippen LogP contribution in [0.3, 0.4) is 0 Å². The maximum absolute atomic E-state index is 11.9. The molecule has 1 amide bonds. The van der Waals surface area contributed by atoms with Crippen LogP contribution in [-0.4, -0.2) is 22.6 Å². The normalized spacial score (nSPS) is 9.58. The van der Waals surface area contributed by atoms with Crippen LogP contribution < -0.4 is 11.1 Å². The van der Waals surface area contributed by atoms with E-state index in [4.69, 9.17) is 10.3 Å². The standard InChI is InChI=1S/C13H12N4O2/c1-9-8-16-19-12(9)13(18)17-11-7-10(3-2-5-14)4-6-15-11/h4,6-8H,5,14H2,1H3,(H,15,17,18). The Morgan fingerprint density at radius 3 is 3.11 bits per heavy atom. The summed E-state index contributed by atoms with van der Waals surface area (Å²) in [7, 11) is 0. The van der Waals surface area contributed by atoms with Gasteiger partial charge in [0, 0.05) is 17.3 Å². The second kappa shape index (κ2) is 5.80. The first-order valence-corrected chi connectivity index (χ1v) is 5.58. The van der Waals surface area contributed by atoms with Crippen LogP contribution in [0.5, 0.6) is 0 Å². The molecule has 0 unspecified atom stereocenters. The van der Waals surface area contributed by atoms with Crippen molar-refractivity contribution in [1.82, 2.24) is 10.1 Å². The van der Waals surface area contributed by atoms with E-state index in [2.05, 4.69) is 27.3 Å². The predicted octanol–water partition coefficient (Wildman–Crippen LogP) is 0.941. The Morgan fingerprint density at radius 1 is 1.58 bits per heavy atom. The summed E-state index contributed by atoms with van der Waals surface area (Å²) in [6, 6.07) is 3.39. The molecule has 0 fully saturated rings. The largest absolute Gasteiger partial charge is 0.351 e. The summed E-state index contributed by atoms with van der Waals surface area (Å²) in [4.78, 5) is 15.9. The second-order valence-corrected chi connectivity index (χ2v) is 3.73. The number of anilines is 1. The van der Waals surface area contributed by atoms with Crippen LogP contribution in [-0.2, 0) is 0 Å². The molecule has 0 saturated heterocycles. The zero-order chi connectivity index (χ0) is 13.7. The van der Waals surface area contributed by atoms with E-state index < -0.39 is 5.91 Å². The second-order valence-electron chi connectivity index (χ2n) is 3.73. The summed E-state index contributed by atoms with van der Waals surface area (Å²) in [5.74, 6) is 5.76. The fraction of sp³-hybridized carbons (Fsp3) is 0.154. The number of carbonyl (C=O) groups excluding carboxylic acids is 1. The van der Waals surface area contributed by atoms with Gasteiger partial charge in [-0.2, -0.15) is 0 Å². The average Bonchev–Trinajstić information content (AvgIpc) is 2.83. The lowest BCUT2D eigenvalue weighted by molar-refractivity contribution is 0.0986. The number of pyridine rings is 1. The van der Waals surface area contributed by atoms with Crippen LogP contribution in [0.15, 0.2) is 29.0 Å². The molecule has 0 radical (unpaired) electrons. The minimum Gasteiger partial charge on any atom is -0.351 e. The Kier molecular flexibility index (Phi) is 3.90. The molecule has 6 heteroatoms. The Labute approximate surface area is 110 Å². The van der Waals surface area contributed by atoms with E-state index in [0.29, 0.717) is 11.4 Å². The van der Waals surface area contributed by atoms with Crippen molar-refractivity contribution in [3.05, 3.63) is 41.4 Å². The number of nitrogens with one attached hydrogen (secondary N) is 1. The lowest BCUT2D eigenvalue weighted by Gasteiger charge is -2.02. The number of nitrogens with two attached hydrogens (primary N) is 1. The highest BCUT2D eigenvalue weighted by Crippen LogP contribution is 2.11. The SMILES string of the molecule is Cc1cnoc1C(=O)Nc1cc(C#CCN)ccn1. The highest BCUT2D eigenvalue weighted by Gasteiger charge is 2.14. The number of nitrogens with zero attached hydrogens (tertiary/aromatic N) is 2. The first kappa shape index (κ1) is 12.8. The van der Waals surface area contributed by atoms with E-state index in [9.17, 15) is 4.79 Å². The molecule has 2 aromatic rings. The molecule has 2 heterocycles. The Hall–Kier alpha value is -2.65. The molecule has 0 aliphatic carbocycles. The number of hydrogen-bond donors (Lipinski definition) is 2. The topological polar surface area (TPSA) is 94.0 Å². The highest BCUT2D eigenvalue weighted by atomic mass is 16.5. The van der Waals surface area contributed by atoms with Crippen molar-refractivity contribution in [1.29, 1.82) is 0 Å². The van der Waals surface area contributed by atoms with Gasteiger partial charge in [0.2, 0.25) is 5.76 Å². The Balaban J connectivity index is 2.15. The van der Waals surface area contributed by atoms with Crippen molar-refractivity contribution in [3.63, 3.8) is 0 Å². The van der Waals surface area contributed by atoms with Crippen molar-refractivity contribution in [3.8, 4) is 11.8 Å². The Bertz CT molecular complexity index is 652. The van der Waals surface area contributed by atoms with Crippen molar-refractivity contribution in [2.24, 2.45) is 5.73 Å². The molecule has 0 aliphatic rings. The molecule has 0 spiro atoms. The van der Waals surface area contributed by atoms with Gasteiger partial charge in [0.25, 0.3) is 5.91 Å². The molecule has 2 rings (SSSR count). The summed E-state index contributed by atoms with van der Waals surface area (Å²) in [6.07, 6.45) is 3.04. The zero-order valence-corrected chi connectivity index (χ0v) is 10.3. The van der Waals surface area contributed by atoms with Gasteiger partial charge in [0.05, 0.1) is 12.7 Å². The summed E-state index contributed by atoms with van der Waals surface area (Å²) < 4.78 is 4.86. The van der Waals surface area contributed by atoms with Crippen molar-refractivity contribution in [2.45, 2.75) is 6.92 Å². The molecule has 0 atom stereocenters. The average molecular weight is 256 g/mol. The molecule has 0 aromatic carbocycles. The lowest BCUT2D eigenvalue weighted by Crippen LogP contribution is -2.13. The van der Waals surface area contributed by atoms with Crippen LogP contribution in [0.4, 0.5) is 5.82 Å². The van der Waals surface area contributed by atoms with Crippen LogP contribution >= 0.6 is 0 Å². The van der Waals surface area contributed by atoms with E-state index in [1.165, 1.54) is 6.20 Å². The maximum atomic E-state index is 11.9.